The van der Waals surface area contributed by atoms with Gasteiger partial charge in [0, 0.05) is 57.4 Å². The van der Waals surface area contributed by atoms with E-state index in [-0.39, 0.29) is 11.7 Å². The van der Waals surface area contributed by atoms with Crippen LogP contribution in [0.15, 0.2) is 24.3 Å². The van der Waals surface area contributed by atoms with Crippen LogP contribution in [-0.2, 0) is 10.0 Å². The van der Waals surface area contributed by atoms with Gasteiger partial charge in [0.05, 0.1) is 11.4 Å². The van der Waals surface area contributed by atoms with E-state index in [9.17, 15) is 13.2 Å². The van der Waals surface area contributed by atoms with Crippen molar-refractivity contribution in [1.82, 2.24) is 15.1 Å². The summed E-state index contributed by atoms with van der Waals surface area (Å²) in [6, 6.07) is 7.46. The summed E-state index contributed by atoms with van der Waals surface area (Å²) in [7, 11) is -3.18. The molecule has 0 bridgehead atoms. The Morgan fingerprint density at radius 3 is 2.42 bits per heavy atom. The monoisotopic (exact) mass is 378 g/mol. The van der Waals surface area contributed by atoms with Crippen LogP contribution in [0.5, 0.6) is 0 Å². The molecule has 1 amide bonds. The Morgan fingerprint density at radius 1 is 1.04 bits per heavy atom. The summed E-state index contributed by atoms with van der Waals surface area (Å²) >= 11 is 0. The molecule has 1 N–H and O–H groups in total. The Hall–Kier alpha value is -1.64. The van der Waals surface area contributed by atoms with Gasteiger partial charge in [0.15, 0.2) is 0 Å². The third kappa shape index (κ3) is 3.45. The Balaban J connectivity index is 1.41. The maximum atomic E-state index is 12.8. The molecule has 3 aliphatic rings. The second-order valence-corrected chi connectivity index (χ2v) is 9.28. The van der Waals surface area contributed by atoms with Crippen molar-refractivity contribution in [3.63, 3.8) is 0 Å². The van der Waals surface area contributed by atoms with Gasteiger partial charge < -0.3 is 10.2 Å². The zero-order chi connectivity index (χ0) is 18.1. The van der Waals surface area contributed by atoms with Crippen molar-refractivity contribution in [2.45, 2.75) is 18.9 Å². The molecule has 7 nitrogen and oxygen atoms in total. The molecule has 3 aliphatic heterocycles. The molecule has 3 heterocycles. The number of likely N-dealkylation sites (tertiary alicyclic amines) is 1. The van der Waals surface area contributed by atoms with Crippen molar-refractivity contribution >= 4 is 21.6 Å². The number of carbonyl (C=O) groups is 1. The minimum atomic E-state index is -3.18. The first-order valence-corrected chi connectivity index (χ1v) is 11.0. The minimum absolute atomic E-state index is 0.0402. The predicted octanol–water partition coefficient (Wildman–Crippen LogP) is 0.346. The summed E-state index contributed by atoms with van der Waals surface area (Å²) in [6.07, 6.45) is 1.68. The van der Waals surface area contributed by atoms with Gasteiger partial charge in [-0.15, -0.1) is 0 Å². The molecule has 26 heavy (non-hydrogen) atoms. The van der Waals surface area contributed by atoms with E-state index < -0.39 is 10.0 Å². The maximum absolute atomic E-state index is 12.8. The summed E-state index contributed by atoms with van der Waals surface area (Å²) in [5.41, 5.74) is 1.28. The molecule has 0 aliphatic carbocycles. The zero-order valence-corrected chi connectivity index (χ0v) is 15.7. The predicted molar refractivity (Wildman–Crippen MR) is 101 cm³/mol. The molecular formula is C18H26N4O3S. The number of hydrogen-bond acceptors (Lipinski definition) is 5. The fourth-order valence-electron chi connectivity index (χ4n) is 4.15. The molecule has 1 aromatic carbocycles. The molecule has 4 rings (SSSR count). The van der Waals surface area contributed by atoms with Crippen LogP contribution in [0.2, 0.25) is 0 Å². The number of anilines is 1. The van der Waals surface area contributed by atoms with Crippen molar-refractivity contribution in [2.75, 3.05) is 55.9 Å². The van der Waals surface area contributed by atoms with E-state index in [2.05, 4.69) is 10.2 Å². The number of sulfonamides is 1. The SMILES string of the molecule is O=C(c1ccc(N2CCCS2(=O)=O)cc1)N1CCC(N2CCNCC2)C1. The van der Waals surface area contributed by atoms with E-state index in [4.69, 9.17) is 0 Å². The average molecular weight is 378 g/mol. The van der Waals surface area contributed by atoms with Crippen LogP contribution in [0.3, 0.4) is 0 Å². The van der Waals surface area contributed by atoms with Gasteiger partial charge in [-0.2, -0.15) is 0 Å². The van der Waals surface area contributed by atoms with Gasteiger partial charge >= 0.3 is 0 Å². The van der Waals surface area contributed by atoms with Gasteiger partial charge in [-0.3, -0.25) is 14.0 Å². The third-order valence-electron chi connectivity index (χ3n) is 5.62. The fraction of sp³-hybridized carbons (Fsp3) is 0.611. The normalized spacial score (nSPS) is 26.4. The molecule has 0 saturated carbocycles. The van der Waals surface area contributed by atoms with Gasteiger partial charge in [-0.05, 0) is 37.1 Å². The van der Waals surface area contributed by atoms with Gasteiger partial charge in [0.2, 0.25) is 10.0 Å². The second-order valence-electron chi connectivity index (χ2n) is 7.27. The highest BCUT2D eigenvalue weighted by Gasteiger charge is 2.32. The summed E-state index contributed by atoms with van der Waals surface area (Å²) in [4.78, 5) is 17.2. The summed E-state index contributed by atoms with van der Waals surface area (Å²) in [6.45, 7) is 6.22. The molecule has 142 valence electrons. The molecule has 0 aromatic heterocycles. The highest BCUT2D eigenvalue weighted by atomic mass is 32.2. The number of nitrogens with one attached hydrogen (secondary N) is 1. The smallest absolute Gasteiger partial charge is 0.253 e. The van der Waals surface area contributed by atoms with E-state index >= 15 is 0 Å². The number of carbonyl (C=O) groups excluding carboxylic acids is 1. The Bertz CT molecular complexity index is 759. The molecule has 3 saturated heterocycles. The van der Waals surface area contributed by atoms with Crippen molar-refractivity contribution < 1.29 is 13.2 Å². The lowest BCUT2D eigenvalue weighted by Gasteiger charge is -2.32. The third-order valence-corrected chi connectivity index (χ3v) is 7.49. The fourth-order valence-corrected chi connectivity index (χ4v) is 5.72. The van der Waals surface area contributed by atoms with Gasteiger partial charge in [-0.25, -0.2) is 8.42 Å². The van der Waals surface area contributed by atoms with Gasteiger partial charge in [0.1, 0.15) is 0 Å². The van der Waals surface area contributed by atoms with E-state index in [0.29, 0.717) is 30.3 Å². The van der Waals surface area contributed by atoms with E-state index in [0.717, 1.165) is 45.7 Å². The van der Waals surface area contributed by atoms with Crippen molar-refractivity contribution in [2.24, 2.45) is 0 Å². The van der Waals surface area contributed by atoms with Crippen LogP contribution >= 0.6 is 0 Å². The number of rotatable bonds is 3. The van der Waals surface area contributed by atoms with Crippen LogP contribution in [0.4, 0.5) is 5.69 Å². The molecule has 1 aromatic rings. The molecule has 0 spiro atoms. The van der Waals surface area contributed by atoms with Crippen molar-refractivity contribution in [3.05, 3.63) is 29.8 Å². The van der Waals surface area contributed by atoms with Crippen LogP contribution in [0, 0.1) is 0 Å². The van der Waals surface area contributed by atoms with Crippen molar-refractivity contribution in [1.29, 1.82) is 0 Å². The van der Waals surface area contributed by atoms with E-state index in [1.807, 2.05) is 4.90 Å². The lowest BCUT2D eigenvalue weighted by Crippen LogP contribution is -2.49. The summed E-state index contributed by atoms with van der Waals surface area (Å²) in [5, 5.41) is 3.36. The highest BCUT2D eigenvalue weighted by Crippen LogP contribution is 2.25. The number of benzene rings is 1. The lowest BCUT2D eigenvalue weighted by molar-refractivity contribution is 0.0773. The second kappa shape index (κ2) is 7.17. The quantitative estimate of drug-likeness (QED) is 0.822. The van der Waals surface area contributed by atoms with E-state index in [1.165, 1.54) is 4.31 Å². The number of piperazine rings is 1. The number of nitrogens with zero attached hydrogens (tertiary/aromatic N) is 3. The zero-order valence-electron chi connectivity index (χ0n) is 14.9. The first kappa shape index (κ1) is 17.8. The first-order valence-electron chi connectivity index (χ1n) is 9.39. The number of amides is 1. The maximum Gasteiger partial charge on any atom is 0.253 e. The van der Waals surface area contributed by atoms with Crippen LogP contribution in [0.1, 0.15) is 23.2 Å². The topological polar surface area (TPSA) is 73.0 Å². The molecule has 1 unspecified atom stereocenters. The van der Waals surface area contributed by atoms with Gasteiger partial charge in [-0.1, -0.05) is 0 Å². The van der Waals surface area contributed by atoms with E-state index in [1.54, 1.807) is 24.3 Å². The minimum Gasteiger partial charge on any atom is -0.337 e. The molecule has 8 heteroatoms. The highest BCUT2D eigenvalue weighted by molar-refractivity contribution is 7.93. The standard InChI is InChI=1S/C18H26N4O3S/c23-18(21-10-6-17(14-21)20-11-7-19-8-12-20)15-2-4-16(5-3-15)22-9-1-13-26(22,24)25/h2-5,17,19H,1,6-14H2. The first-order chi connectivity index (χ1) is 12.5. The van der Waals surface area contributed by atoms with Gasteiger partial charge in [0.25, 0.3) is 5.91 Å². The van der Waals surface area contributed by atoms with Crippen LogP contribution in [-0.4, -0.2) is 81.7 Å². The Labute approximate surface area is 155 Å². The van der Waals surface area contributed by atoms with Crippen molar-refractivity contribution in [3.8, 4) is 0 Å². The molecular weight excluding hydrogens is 352 g/mol. The van der Waals surface area contributed by atoms with Crippen LogP contribution in [0.25, 0.3) is 0 Å². The number of hydrogen-bond donors (Lipinski definition) is 1. The largest absolute Gasteiger partial charge is 0.337 e. The summed E-state index contributed by atoms with van der Waals surface area (Å²) < 4.78 is 25.5. The molecule has 1 atom stereocenters. The average Bonchev–Trinajstić information content (AvgIpc) is 3.28. The molecule has 0 radical (unpaired) electrons. The van der Waals surface area contributed by atoms with Crippen LogP contribution < -0.4 is 9.62 Å². The Morgan fingerprint density at radius 2 is 1.77 bits per heavy atom. The lowest BCUT2D eigenvalue weighted by atomic mass is 10.1. The molecule has 3 fully saturated rings. The Kier molecular flexibility index (Phi) is 4.90. The summed E-state index contributed by atoms with van der Waals surface area (Å²) in [5.74, 6) is 0.243.